The third kappa shape index (κ3) is 4.96. The van der Waals surface area contributed by atoms with E-state index in [1.165, 1.54) is 6.08 Å². The number of rotatable bonds is 6. The van der Waals surface area contributed by atoms with Crippen molar-refractivity contribution in [2.45, 2.75) is 13.0 Å². The van der Waals surface area contributed by atoms with Crippen molar-refractivity contribution in [1.29, 1.82) is 0 Å². The fourth-order valence-electron chi connectivity index (χ4n) is 2.28. The van der Waals surface area contributed by atoms with Gasteiger partial charge in [0.15, 0.2) is 0 Å². The Morgan fingerprint density at radius 3 is 2.67 bits per heavy atom. The molecule has 0 aliphatic heterocycles. The van der Waals surface area contributed by atoms with E-state index in [1.807, 2.05) is 36.4 Å². The first-order valence-electron chi connectivity index (χ1n) is 7.49. The highest BCUT2D eigenvalue weighted by molar-refractivity contribution is 6.30. The van der Waals surface area contributed by atoms with Gasteiger partial charge >= 0.3 is 0 Å². The maximum atomic E-state index is 12.5. The number of para-hydroxylation sites is 1. The maximum absolute atomic E-state index is 12.5. The second-order valence-electron chi connectivity index (χ2n) is 5.41. The van der Waals surface area contributed by atoms with Crippen molar-refractivity contribution in [1.82, 2.24) is 4.90 Å². The van der Waals surface area contributed by atoms with Crippen molar-refractivity contribution in [3.8, 4) is 0 Å². The van der Waals surface area contributed by atoms with Crippen molar-refractivity contribution >= 4 is 29.1 Å². The summed E-state index contributed by atoms with van der Waals surface area (Å²) in [5, 5.41) is 3.36. The molecule has 124 valence electrons. The minimum Gasteiger partial charge on any atom is -0.341 e. The van der Waals surface area contributed by atoms with Crippen LogP contribution in [0.3, 0.4) is 0 Å². The van der Waals surface area contributed by atoms with Crippen LogP contribution in [0.1, 0.15) is 11.1 Å². The lowest BCUT2D eigenvalue weighted by molar-refractivity contribution is -0.129. The van der Waals surface area contributed by atoms with Gasteiger partial charge < -0.3 is 10.2 Å². The third-order valence-electron chi connectivity index (χ3n) is 3.54. The summed E-state index contributed by atoms with van der Waals surface area (Å²) in [4.78, 5) is 25.6. The molecule has 0 spiro atoms. The molecule has 0 aliphatic carbocycles. The highest BCUT2D eigenvalue weighted by atomic mass is 35.5. The summed E-state index contributed by atoms with van der Waals surface area (Å²) in [7, 11) is 1.74. The smallest absolute Gasteiger partial charge is 0.247 e. The first-order chi connectivity index (χ1) is 11.5. The van der Waals surface area contributed by atoms with Gasteiger partial charge in [-0.05, 0) is 35.4 Å². The Kier molecular flexibility index (Phi) is 6.15. The van der Waals surface area contributed by atoms with E-state index in [4.69, 9.17) is 11.6 Å². The summed E-state index contributed by atoms with van der Waals surface area (Å²) in [5.74, 6) is -0.350. The predicted molar refractivity (Wildman–Crippen MR) is 96.9 cm³/mol. The highest BCUT2D eigenvalue weighted by Crippen LogP contribution is 2.17. The van der Waals surface area contributed by atoms with Gasteiger partial charge in [0.25, 0.3) is 0 Å². The lowest BCUT2D eigenvalue weighted by Gasteiger charge is -2.18. The van der Waals surface area contributed by atoms with E-state index in [0.29, 0.717) is 17.3 Å². The highest BCUT2D eigenvalue weighted by Gasteiger charge is 2.13. The number of likely N-dealkylation sites (N-methyl/N-ethyl adjacent to an activating group) is 1. The molecular formula is C19H19ClN2O2. The Morgan fingerprint density at radius 2 is 1.96 bits per heavy atom. The summed E-state index contributed by atoms with van der Waals surface area (Å²) in [6.45, 7) is 3.90. The fourth-order valence-corrected chi connectivity index (χ4v) is 2.49. The van der Waals surface area contributed by atoms with E-state index >= 15 is 0 Å². The maximum Gasteiger partial charge on any atom is 0.247 e. The first kappa shape index (κ1) is 17.8. The van der Waals surface area contributed by atoms with Crippen LogP contribution < -0.4 is 5.32 Å². The molecule has 4 nitrogen and oxygen atoms in total. The Bertz CT molecular complexity index is 759. The number of nitrogens with one attached hydrogen (secondary N) is 1. The van der Waals surface area contributed by atoms with Gasteiger partial charge in [0.1, 0.15) is 0 Å². The van der Waals surface area contributed by atoms with Crippen molar-refractivity contribution in [2.75, 3.05) is 12.4 Å². The summed E-state index contributed by atoms with van der Waals surface area (Å²) >= 11 is 5.97. The van der Waals surface area contributed by atoms with E-state index in [9.17, 15) is 9.59 Å². The monoisotopic (exact) mass is 342 g/mol. The van der Waals surface area contributed by atoms with Gasteiger partial charge in [0.2, 0.25) is 11.8 Å². The molecule has 24 heavy (non-hydrogen) atoms. The number of carbonyl (C=O) groups is 2. The summed E-state index contributed by atoms with van der Waals surface area (Å²) < 4.78 is 0. The zero-order valence-corrected chi connectivity index (χ0v) is 14.2. The largest absolute Gasteiger partial charge is 0.341 e. The SMILES string of the molecule is C=CC(=O)Nc1ccccc1CC(=O)N(C)Cc1cccc(Cl)c1. The molecule has 0 heterocycles. The van der Waals surface area contributed by atoms with Crippen LogP contribution in [0.4, 0.5) is 5.69 Å². The number of benzene rings is 2. The Morgan fingerprint density at radius 1 is 1.21 bits per heavy atom. The molecule has 0 saturated heterocycles. The normalized spacial score (nSPS) is 10.1. The van der Waals surface area contributed by atoms with Crippen LogP contribution in [0.5, 0.6) is 0 Å². The average Bonchev–Trinajstić information content (AvgIpc) is 2.56. The van der Waals surface area contributed by atoms with E-state index in [2.05, 4.69) is 11.9 Å². The van der Waals surface area contributed by atoms with Crippen LogP contribution in [-0.2, 0) is 22.6 Å². The van der Waals surface area contributed by atoms with Crippen molar-refractivity contribution in [2.24, 2.45) is 0 Å². The molecule has 2 amide bonds. The number of anilines is 1. The van der Waals surface area contributed by atoms with E-state index in [-0.39, 0.29) is 18.2 Å². The van der Waals surface area contributed by atoms with Crippen LogP contribution in [0.2, 0.25) is 5.02 Å². The second kappa shape index (κ2) is 8.31. The number of hydrogen-bond donors (Lipinski definition) is 1. The topological polar surface area (TPSA) is 49.4 Å². The van der Waals surface area contributed by atoms with Crippen LogP contribution in [0.25, 0.3) is 0 Å². The number of hydrogen-bond acceptors (Lipinski definition) is 2. The van der Waals surface area contributed by atoms with Crippen molar-refractivity contribution in [3.05, 3.63) is 77.3 Å². The summed E-state index contributed by atoms with van der Waals surface area (Å²) in [6, 6.07) is 14.6. The van der Waals surface area contributed by atoms with Crippen molar-refractivity contribution in [3.63, 3.8) is 0 Å². The zero-order valence-electron chi connectivity index (χ0n) is 13.5. The molecular weight excluding hydrogens is 324 g/mol. The lowest BCUT2D eigenvalue weighted by Crippen LogP contribution is -2.28. The molecule has 0 atom stereocenters. The van der Waals surface area contributed by atoms with Gasteiger partial charge in [-0.25, -0.2) is 0 Å². The summed E-state index contributed by atoms with van der Waals surface area (Å²) in [6.07, 6.45) is 1.40. The minimum atomic E-state index is -0.304. The Labute approximate surface area is 146 Å². The molecule has 5 heteroatoms. The zero-order chi connectivity index (χ0) is 17.5. The van der Waals surface area contributed by atoms with Gasteiger partial charge in [-0.15, -0.1) is 0 Å². The third-order valence-corrected chi connectivity index (χ3v) is 3.77. The first-order valence-corrected chi connectivity index (χ1v) is 7.87. The molecule has 0 fully saturated rings. The van der Waals surface area contributed by atoms with Crippen LogP contribution in [0.15, 0.2) is 61.2 Å². The fraction of sp³-hybridized carbons (Fsp3) is 0.158. The van der Waals surface area contributed by atoms with Crippen molar-refractivity contribution < 1.29 is 9.59 Å². The molecule has 2 rings (SSSR count). The van der Waals surface area contributed by atoms with E-state index in [0.717, 1.165) is 11.1 Å². The number of carbonyl (C=O) groups excluding carboxylic acids is 2. The molecule has 1 N–H and O–H groups in total. The van der Waals surface area contributed by atoms with E-state index < -0.39 is 0 Å². The predicted octanol–water partition coefficient (Wildman–Crippen LogP) is 3.67. The van der Waals surface area contributed by atoms with Crippen LogP contribution in [0, 0.1) is 0 Å². The molecule has 2 aromatic rings. The minimum absolute atomic E-state index is 0.0460. The van der Waals surface area contributed by atoms with Gasteiger partial charge in [0, 0.05) is 24.3 Å². The molecule has 0 unspecified atom stereocenters. The molecule has 0 saturated carbocycles. The molecule has 0 radical (unpaired) electrons. The van der Waals surface area contributed by atoms with Crippen LogP contribution in [-0.4, -0.2) is 23.8 Å². The molecule has 0 aliphatic rings. The van der Waals surface area contributed by atoms with Crippen LogP contribution >= 0.6 is 11.6 Å². The number of amides is 2. The Balaban J connectivity index is 2.06. The van der Waals surface area contributed by atoms with Gasteiger partial charge in [-0.2, -0.15) is 0 Å². The second-order valence-corrected chi connectivity index (χ2v) is 5.84. The Hall–Kier alpha value is -2.59. The van der Waals surface area contributed by atoms with Gasteiger partial charge in [-0.1, -0.05) is 48.5 Å². The van der Waals surface area contributed by atoms with E-state index in [1.54, 1.807) is 24.1 Å². The van der Waals surface area contributed by atoms with Gasteiger partial charge in [-0.3, -0.25) is 9.59 Å². The number of nitrogens with zero attached hydrogens (tertiary/aromatic N) is 1. The standard InChI is InChI=1S/C19H19ClN2O2/c1-3-18(23)21-17-10-5-4-8-15(17)12-19(24)22(2)13-14-7-6-9-16(20)11-14/h3-11H,1,12-13H2,2H3,(H,21,23). The van der Waals surface area contributed by atoms with Gasteiger partial charge in [0.05, 0.1) is 6.42 Å². The molecule has 0 aromatic heterocycles. The molecule has 0 bridgehead atoms. The number of halogens is 1. The quantitative estimate of drug-likeness (QED) is 0.814. The average molecular weight is 343 g/mol. The lowest BCUT2D eigenvalue weighted by atomic mass is 10.1. The molecule has 2 aromatic carbocycles. The summed E-state index contributed by atoms with van der Waals surface area (Å²) in [5.41, 5.74) is 2.34.